The highest BCUT2D eigenvalue weighted by Crippen LogP contribution is 2.46. The molecule has 6 nitrogen and oxygen atoms in total. The van der Waals surface area contributed by atoms with Gasteiger partial charge in [0.1, 0.15) is 6.04 Å². The zero-order chi connectivity index (χ0) is 21.3. The van der Waals surface area contributed by atoms with Crippen molar-refractivity contribution >= 4 is 23.2 Å². The zero-order valence-corrected chi connectivity index (χ0v) is 17.7. The van der Waals surface area contributed by atoms with Crippen LogP contribution in [0.5, 0.6) is 0 Å². The number of nitrogens with one attached hydrogen (secondary N) is 1. The predicted molar refractivity (Wildman–Crippen MR) is 115 cm³/mol. The lowest BCUT2D eigenvalue weighted by atomic mass is 10.0. The SMILES string of the molecule is CCC(C(=O)Nc1ccc(C(C)C)cc1)N1C(=O)C2(OCCCO2)c2ccccc21. The summed E-state index contributed by atoms with van der Waals surface area (Å²) in [6.45, 7) is 7.04. The molecule has 4 rings (SSSR count). The van der Waals surface area contributed by atoms with Gasteiger partial charge in [0.25, 0.3) is 11.7 Å². The average molecular weight is 408 g/mol. The third-order valence-electron chi connectivity index (χ3n) is 5.76. The maximum Gasteiger partial charge on any atom is 0.293 e. The minimum Gasteiger partial charge on any atom is -0.338 e. The molecular weight excluding hydrogens is 380 g/mol. The van der Waals surface area contributed by atoms with Crippen LogP contribution in [-0.2, 0) is 24.8 Å². The normalized spacial score (nSPS) is 18.5. The fourth-order valence-electron chi connectivity index (χ4n) is 4.13. The molecule has 0 radical (unpaired) electrons. The van der Waals surface area contributed by atoms with Crippen molar-refractivity contribution in [2.24, 2.45) is 0 Å². The van der Waals surface area contributed by atoms with Gasteiger partial charge in [0.05, 0.1) is 18.9 Å². The lowest BCUT2D eigenvalue weighted by Gasteiger charge is -2.33. The summed E-state index contributed by atoms with van der Waals surface area (Å²) in [7, 11) is 0. The highest BCUT2D eigenvalue weighted by Gasteiger charge is 2.56. The Hall–Kier alpha value is -2.70. The number of anilines is 2. The largest absolute Gasteiger partial charge is 0.338 e. The molecule has 2 amide bonds. The molecule has 2 aliphatic heterocycles. The molecule has 1 unspecified atom stereocenters. The molecule has 6 heteroatoms. The van der Waals surface area contributed by atoms with Crippen LogP contribution in [-0.4, -0.2) is 31.1 Å². The van der Waals surface area contributed by atoms with Crippen molar-refractivity contribution in [3.8, 4) is 0 Å². The van der Waals surface area contributed by atoms with E-state index in [1.165, 1.54) is 5.56 Å². The van der Waals surface area contributed by atoms with E-state index in [1.807, 2.05) is 55.5 Å². The molecule has 1 fully saturated rings. The van der Waals surface area contributed by atoms with Gasteiger partial charge in [-0.3, -0.25) is 14.5 Å². The van der Waals surface area contributed by atoms with Crippen molar-refractivity contribution in [3.05, 3.63) is 59.7 Å². The summed E-state index contributed by atoms with van der Waals surface area (Å²) < 4.78 is 11.8. The quantitative estimate of drug-likeness (QED) is 0.807. The summed E-state index contributed by atoms with van der Waals surface area (Å²) in [6.07, 6.45) is 1.20. The second kappa shape index (κ2) is 8.20. The predicted octanol–water partition coefficient (Wildman–Crippen LogP) is 4.16. The Bertz CT molecular complexity index is 932. The fourth-order valence-corrected chi connectivity index (χ4v) is 4.13. The van der Waals surface area contributed by atoms with Crippen molar-refractivity contribution in [1.29, 1.82) is 0 Å². The Morgan fingerprint density at radius 3 is 2.40 bits per heavy atom. The molecule has 2 aromatic rings. The molecule has 0 bridgehead atoms. The molecule has 158 valence electrons. The number of carbonyl (C=O) groups is 2. The highest BCUT2D eigenvalue weighted by molar-refractivity contribution is 6.12. The van der Waals surface area contributed by atoms with Crippen LogP contribution in [0.1, 0.15) is 50.7 Å². The van der Waals surface area contributed by atoms with E-state index in [1.54, 1.807) is 4.90 Å². The minimum atomic E-state index is -1.44. The molecule has 1 N–H and O–H groups in total. The summed E-state index contributed by atoms with van der Waals surface area (Å²) in [5.74, 6) is -1.59. The van der Waals surface area contributed by atoms with Gasteiger partial charge in [0.15, 0.2) is 0 Å². The number of hydrogen-bond acceptors (Lipinski definition) is 4. The second-order valence-electron chi connectivity index (χ2n) is 8.05. The summed E-state index contributed by atoms with van der Waals surface area (Å²) in [5.41, 5.74) is 3.25. The van der Waals surface area contributed by atoms with Gasteiger partial charge in [-0.05, 0) is 42.5 Å². The van der Waals surface area contributed by atoms with Gasteiger partial charge in [0, 0.05) is 11.3 Å². The van der Waals surface area contributed by atoms with E-state index < -0.39 is 11.8 Å². The first-order chi connectivity index (χ1) is 14.5. The molecule has 1 atom stereocenters. The number of nitrogens with zero attached hydrogens (tertiary/aromatic N) is 1. The number of benzene rings is 2. The van der Waals surface area contributed by atoms with Crippen LogP contribution in [0.4, 0.5) is 11.4 Å². The van der Waals surface area contributed by atoms with Gasteiger partial charge >= 0.3 is 0 Å². The van der Waals surface area contributed by atoms with Crippen molar-refractivity contribution < 1.29 is 19.1 Å². The summed E-state index contributed by atoms with van der Waals surface area (Å²) in [5, 5.41) is 2.96. The number of rotatable bonds is 5. The Balaban J connectivity index is 1.62. The first-order valence-corrected chi connectivity index (χ1v) is 10.6. The van der Waals surface area contributed by atoms with Crippen LogP contribution in [0.25, 0.3) is 0 Å². The smallest absolute Gasteiger partial charge is 0.293 e. The lowest BCUT2D eigenvalue weighted by molar-refractivity contribution is -0.256. The van der Waals surface area contributed by atoms with Gasteiger partial charge in [-0.1, -0.05) is 51.1 Å². The maximum atomic E-state index is 13.5. The number of ether oxygens (including phenoxy) is 2. The van der Waals surface area contributed by atoms with E-state index in [2.05, 4.69) is 19.2 Å². The Morgan fingerprint density at radius 1 is 1.10 bits per heavy atom. The monoisotopic (exact) mass is 408 g/mol. The molecule has 0 aliphatic carbocycles. The van der Waals surface area contributed by atoms with Gasteiger partial charge in [-0.25, -0.2) is 0 Å². The van der Waals surface area contributed by atoms with Crippen LogP contribution >= 0.6 is 0 Å². The average Bonchev–Trinajstić information content (AvgIpc) is 2.98. The molecule has 0 saturated carbocycles. The number of fused-ring (bicyclic) bond motifs is 2. The molecule has 2 heterocycles. The molecule has 1 spiro atoms. The van der Waals surface area contributed by atoms with Crippen molar-refractivity contribution in [3.63, 3.8) is 0 Å². The van der Waals surface area contributed by atoms with E-state index in [4.69, 9.17) is 9.47 Å². The second-order valence-corrected chi connectivity index (χ2v) is 8.05. The zero-order valence-electron chi connectivity index (χ0n) is 17.7. The first kappa shape index (κ1) is 20.6. The minimum absolute atomic E-state index is 0.231. The standard InChI is InChI=1S/C24H28N2O4/c1-4-20(22(27)25-18-12-10-17(11-13-18)16(2)3)26-21-9-6-5-8-19(21)24(23(26)28)29-14-7-15-30-24/h5-6,8-13,16,20H,4,7,14-15H2,1-3H3,(H,25,27). The van der Waals surface area contributed by atoms with Crippen LogP contribution in [0.2, 0.25) is 0 Å². The lowest BCUT2D eigenvalue weighted by Crippen LogP contribution is -2.52. The number of para-hydroxylation sites is 1. The van der Waals surface area contributed by atoms with Crippen LogP contribution in [0.15, 0.2) is 48.5 Å². The molecule has 2 aliphatic rings. The van der Waals surface area contributed by atoms with E-state index in [9.17, 15) is 9.59 Å². The molecule has 30 heavy (non-hydrogen) atoms. The molecular formula is C24H28N2O4. The van der Waals surface area contributed by atoms with E-state index in [0.717, 1.165) is 6.42 Å². The highest BCUT2D eigenvalue weighted by atomic mass is 16.7. The summed E-state index contributed by atoms with van der Waals surface area (Å²) >= 11 is 0. The first-order valence-electron chi connectivity index (χ1n) is 10.6. The maximum absolute atomic E-state index is 13.5. The van der Waals surface area contributed by atoms with Crippen LogP contribution in [0.3, 0.4) is 0 Å². The van der Waals surface area contributed by atoms with Gasteiger partial charge < -0.3 is 14.8 Å². The number of amides is 2. The molecule has 1 saturated heterocycles. The molecule has 2 aromatic carbocycles. The third kappa shape index (κ3) is 3.40. The van der Waals surface area contributed by atoms with Crippen LogP contribution < -0.4 is 10.2 Å². The number of carbonyl (C=O) groups excluding carboxylic acids is 2. The Morgan fingerprint density at radius 2 is 1.77 bits per heavy atom. The van der Waals surface area contributed by atoms with E-state index in [0.29, 0.717) is 42.5 Å². The topological polar surface area (TPSA) is 67.9 Å². The van der Waals surface area contributed by atoms with Gasteiger partial charge in [0.2, 0.25) is 5.91 Å². The third-order valence-corrected chi connectivity index (χ3v) is 5.76. The Labute approximate surface area is 177 Å². The van der Waals surface area contributed by atoms with Crippen molar-refractivity contribution in [2.75, 3.05) is 23.4 Å². The molecule has 0 aromatic heterocycles. The van der Waals surface area contributed by atoms with Crippen LogP contribution in [0, 0.1) is 0 Å². The van der Waals surface area contributed by atoms with Gasteiger partial charge in [-0.2, -0.15) is 0 Å². The van der Waals surface area contributed by atoms with E-state index in [-0.39, 0.29) is 11.8 Å². The van der Waals surface area contributed by atoms with Crippen molar-refractivity contribution in [1.82, 2.24) is 0 Å². The number of hydrogen-bond donors (Lipinski definition) is 1. The Kier molecular flexibility index (Phi) is 5.62. The summed E-state index contributed by atoms with van der Waals surface area (Å²) in [6, 6.07) is 14.5. The fraction of sp³-hybridized carbons (Fsp3) is 0.417. The summed E-state index contributed by atoms with van der Waals surface area (Å²) in [4.78, 5) is 28.2. The van der Waals surface area contributed by atoms with Crippen molar-refractivity contribution in [2.45, 2.75) is 51.4 Å². The van der Waals surface area contributed by atoms with E-state index >= 15 is 0 Å². The van der Waals surface area contributed by atoms with Gasteiger partial charge in [-0.15, -0.1) is 0 Å².